The summed E-state index contributed by atoms with van der Waals surface area (Å²) in [5, 5.41) is 4.39. The number of allylic oxidation sites excluding steroid dienone is 1. The Morgan fingerprint density at radius 1 is 1.33 bits per heavy atom. The van der Waals surface area contributed by atoms with Crippen LogP contribution in [0.3, 0.4) is 0 Å². The van der Waals surface area contributed by atoms with Crippen LogP contribution in [0.1, 0.15) is 43.2 Å². The summed E-state index contributed by atoms with van der Waals surface area (Å²) in [4.78, 5) is 14.5. The summed E-state index contributed by atoms with van der Waals surface area (Å²) in [6.07, 6.45) is 5.47. The van der Waals surface area contributed by atoms with Gasteiger partial charge in [0.25, 0.3) is 0 Å². The van der Waals surface area contributed by atoms with Crippen molar-refractivity contribution in [1.82, 2.24) is 14.7 Å². The van der Waals surface area contributed by atoms with Crippen molar-refractivity contribution in [3.05, 3.63) is 29.2 Å². The van der Waals surface area contributed by atoms with Gasteiger partial charge in [0, 0.05) is 31.4 Å². The summed E-state index contributed by atoms with van der Waals surface area (Å²) in [5.41, 5.74) is 2.55. The number of aromatic nitrogens is 2. The van der Waals surface area contributed by atoms with Crippen molar-refractivity contribution < 1.29 is 4.79 Å². The second-order valence-corrected chi connectivity index (χ2v) is 6.05. The van der Waals surface area contributed by atoms with Crippen LogP contribution in [-0.4, -0.2) is 34.6 Å². The van der Waals surface area contributed by atoms with Gasteiger partial charge in [0.1, 0.15) is 5.69 Å². The highest BCUT2D eigenvalue weighted by atomic mass is 16.1. The summed E-state index contributed by atoms with van der Waals surface area (Å²) >= 11 is 0. The molecule has 0 aromatic carbocycles. The molecule has 2 rings (SSSR count). The molecular formula is C14H21N3O. The molecule has 0 fully saturated rings. The quantitative estimate of drug-likeness (QED) is 0.714. The molecule has 0 spiro atoms. The van der Waals surface area contributed by atoms with E-state index in [0.717, 1.165) is 29.7 Å². The van der Waals surface area contributed by atoms with Gasteiger partial charge in [0.15, 0.2) is 0 Å². The molecule has 0 amide bonds. The molecule has 4 heteroatoms. The SMILES string of the molecule is CN(C)/C=C1\CCc2cnn(C(C)(C)C)c2C1=O. The van der Waals surface area contributed by atoms with E-state index >= 15 is 0 Å². The number of hydrogen-bond donors (Lipinski definition) is 0. The number of carbonyl (C=O) groups is 1. The number of ketones is 1. The number of rotatable bonds is 1. The third-order valence-corrected chi connectivity index (χ3v) is 3.06. The minimum Gasteiger partial charge on any atom is -0.383 e. The van der Waals surface area contributed by atoms with Gasteiger partial charge >= 0.3 is 0 Å². The molecule has 98 valence electrons. The third kappa shape index (κ3) is 2.19. The Balaban J connectivity index is 2.48. The van der Waals surface area contributed by atoms with E-state index in [1.165, 1.54) is 0 Å². The summed E-state index contributed by atoms with van der Waals surface area (Å²) in [7, 11) is 3.88. The number of carbonyl (C=O) groups excluding carboxylic acids is 1. The number of fused-ring (bicyclic) bond motifs is 1. The predicted octanol–water partition coefficient (Wildman–Crippen LogP) is 2.21. The minimum atomic E-state index is -0.163. The lowest BCUT2D eigenvalue weighted by atomic mass is 9.91. The zero-order chi connectivity index (χ0) is 13.5. The van der Waals surface area contributed by atoms with Crippen molar-refractivity contribution in [2.24, 2.45) is 0 Å². The molecule has 0 radical (unpaired) electrons. The molecular weight excluding hydrogens is 226 g/mol. The Labute approximate surface area is 108 Å². The van der Waals surface area contributed by atoms with E-state index in [1.54, 1.807) is 0 Å². The molecule has 1 aromatic rings. The molecule has 1 aromatic heterocycles. The van der Waals surface area contributed by atoms with Gasteiger partial charge in [0.05, 0.1) is 11.7 Å². The van der Waals surface area contributed by atoms with Crippen LogP contribution < -0.4 is 0 Å². The van der Waals surface area contributed by atoms with Gasteiger partial charge in [-0.05, 0) is 33.6 Å². The highest BCUT2D eigenvalue weighted by Gasteiger charge is 2.30. The van der Waals surface area contributed by atoms with Crippen molar-refractivity contribution in [3.63, 3.8) is 0 Å². The van der Waals surface area contributed by atoms with Crippen LogP contribution in [0.15, 0.2) is 18.0 Å². The highest BCUT2D eigenvalue weighted by Crippen LogP contribution is 2.28. The van der Waals surface area contributed by atoms with E-state index in [2.05, 4.69) is 25.9 Å². The molecule has 0 bridgehead atoms. The second-order valence-electron chi connectivity index (χ2n) is 6.05. The van der Waals surface area contributed by atoms with Crippen LogP contribution in [0, 0.1) is 0 Å². The first-order valence-corrected chi connectivity index (χ1v) is 6.30. The Hall–Kier alpha value is -1.58. The maximum absolute atomic E-state index is 12.5. The summed E-state index contributed by atoms with van der Waals surface area (Å²) in [6.45, 7) is 6.20. The molecule has 0 N–H and O–H groups in total. The Morgan fingerprint density at radius 2 is 2.00 bits per heavy atom. The standard InChI is InChI=1S/C14H21N3O/c1-14(2,3)17-12-10(8-15-17)6-7-11(13(12)18)9-16(4)5/h8-9H,6-7H2,1-5H3/b11-9+. The number of nitrogens with zero attached hydrogens (tertiary/aromatic N) is 3. The van der Waals surface area contributed by atoms with Crippen LogP contribution in [0.4, 0.5) is 0 Å². The van der Waals surface area contributed by atoms with E-state index in [9.17, 15) is 4.79 Å². The number of aryl methyl sites for hydroxylation is 1. The van der Waals surface area contributed by atoms with Crippen LogP contribution in [0.5, 0.6) is 0 Å². The zero-order valence-corrected chi connectivity index (χ0v) is 11.8. The second kappa shape index (κ2) is 4.26. The predicted molar refractivity (Wildman–Crippen MR) is 71.6 cm³/mol. The monoisotopic (exact) mass is 247 g/mol. The van der Waals surface area contributed by atoms with Gasteiger partial charge < -0.3 is 4.90 Å². The van der Waals surface area contributed by atoms with Gasteiger partial charge in [-0.25, -0.2) is 0 Å². The molecule has 0 atom stereocenters. The fourth-order valence-corrected chi connectivity index (χ4v) is 2.29. The first kappa shape index (κ1) is 12.9. The highest BCUT2D eigenvalue weighted by molar-refractivity contribution is 6.09. The number of Topliss-reactive ketones (excluding diaryl/α,β-unsaturated/α-hetero) is 1. The maximum atomic E-state index is 12.5. The van der Waals surface area contributed by atoms with Gasteiger partial charge in [0.2, 0.25) is 5.78 Å². The molecule has 1 heterocycles. The first-order chi connectivity index (χ1) is 8.30. The maximum Gasteiger partial charge on any atom is 0.208 e. The van der Waals surface area contributed by atoms with Gasteiger partial charge in [-0.2, -0.15) is 5.10 Å². The van der Waals surface area contributed by atoms with Crippen molar-refractivity contribution >= 4 is 5.78 Å². The molecule has 1 aliphatic rings. The molecule has 4 nitrogen and oxygen atoms in total. The van der Waals surface area contributed by atoms with E-state index in [-0.39, 0.29) is 11.3 Å². The van der Waals surface area contributed by atoms with Crippen molar-refractivity contribution in [2.75, 3.05) is 14.1 Å². The van der Waals surface area contributed by atoms with Crippen LogP contribution in [0.2, 0.25) is 0 Å². The minimum absolute atomic E-state index is 0.123. The van der Waals surface area contributed by atoms with Crippen LogP contribution in [-0.2, 0) is 12.0 Å². The van der Waals surface area contributed by atoms with Crippen LogP contribution in [0.25, 0.3) is 0 Å². The molecule has 0 saturated carbocycles. The number of hydrogen-bond acceptors (Lipinski definition) is 3. The molecule has 0 aliphatic heterocycles. The van der Waals surface area contributed by atoms with Gasteiger partial charge in [-0.3, -0.25) is 9.48 Å². The zero-order valence-electron chi connectivity index (χ0n) is 11.8. The third-order valence-electron chi connectivity index (χ3n) is 3.06. The fourth-order valence-electron chi connectivity index (χ4n) is 2.29. The first-order valence-electron chi connectivity index (χ1n) is 6.30. The van der Waals surface area contributed by atoms with Gasteiger partial charge in [-0.15, -0.1) is 0 Å². The molecule has 0 saturated heterocycles. The molecule has 0 unspecified atom stereocenters. The lowest BCUT2D eigenvalue weighted by Gasteiger charge is -2.25. The topological polar surface area (TPSA) is 38.1 Å². The average Bonchev–Trinajstić information content (AvgIpc) is 2.65. The lowest BCUT2D eigenvalue weighted by Crippen LogP contribution is -2.29. The Kier molecular flexibility index (Phi) is 3.05. The molecule has 18 heavy (non-hydrogen) atoms. The average molecular weight is 247 g/mol. The van der Waals surface area contributed by atoms with E-state index < -0.39 is 0 Å². The normalized spacial score (nSPS) is 18.1. The summed E-state index contributed by atoms with van der Waals surface area (Å²) in [5.74, 6) is 0.123. The van der Waals surface area contributed by atoms with E-state index in [1.807, 2.05) is 36.1 Å². The van der Waals surface area contributed by atoms with Crippen molar-refractivity contribution in [2.45, 2.75) is 39.2 Å². The van der Waals surface area contributed by atoms with E-state index in [4.69, 9.17) is 0 Å². The summed E-state index contributed by atoms with van der Waals surface area (Å²) in [6, 6.07) is 0. The Bertz CT molecular complexity index is 504. The Morgan fingerprint density at radius 3 is 2.56 bits per heavy atom. The van der Waals surface area contributed by atoms with E-state index in [0.29, 0.717) is 0 Å². The summed E-state index contributed by atoms with van der Waals surface area (Å²) < 4.78 is 1.85. The van der Waals surface area contributed by atoms with Crippen molar-refractivity contribution in [3.8, 4) is 0 Å². The molecule has 1 aliphatic carbocycles. The largest absolute Gasteiger partial charge is 0.383 e. The smallest absolute Gasteiger partial charge is 0.208 e. The van der Waals surface area contributed by atoms with Gasteiger partial charge in [-0.1, -0.05) is 0 Å². The fraction of sp³-hybridized carbons (Fsp3) is 0.571. The lowest BCUT2D eigenvalue weighted by molar-refractivity contribution is 0.100. The van der Waals surface area contributed by atoms with Crippen molar-refractivity contribution in [1.29, 1.82) is 0 Å². The van der Waals surface area contributed by atoms with Crippen LogP contribution >= 0.6 is 0 Å².